The van der Waals surface area contributed by atoms with Gasteiger partial charge < -0.3 is 10.3 Å². The van der Waals surface area contributed by atoms with Gasteiger partial charge in [0.05, 0.1) is 0 Å². The molecule has 4 nitrogen and oxygen atoms in total. The Bertz CT molecular complexity index is 745. The Balaban J connectivity index is 1.80. The van der Waals surface area contributed by atoms with E-state index in [1.54, 1.807) is 6.08 Å². The van der Waals surface area contributed by atoms with Gasteiger partial charge in [0, 0.05) is 28.7 Å². The number of H-pyrrole nitrogens is 1. The van der Waals surface area contributed by atoms with E-state index in [0.717, 1.165) is 42.1 Å². The number of para-hydroxylation sites is 1. The predicted molar refractivity (Wildman–Crippen MR) is 86.9 cm³/mol. The van der Waals surface area contributed by atoms with E-state index in [1.165, 1.54) is 6.42 Å². The molecule has 1 saturated carbocycles. The smallest absolute Gasteiger partial charge is 0.262 e. The summed E-state index contributed by atoms with van der Waals surface area (Å²) in [5.74, 6) is -0.264. The van der Waals surface area contributed by atoms with E-state index in [9.17, 15) is 10.1 Å². The van der Waals surface area contributed by atoms with Crippen molar-refractivity contribution in [3.8, 4) is 6.07 Å². The molecule has 1 amide bonds. The average Bonchev–Trinajstić information content (AvgIpc) is 2.96. The Kier molecular flexibility index (Phi) is 4.24. The zero-order valence-corrected chi connectivity index (χ0v) is 12.4. The SMILES string of the molecule is N#C/C(=C/c1c[nH]c2ccccc12)C(=O)NC1CCCCC1. The van der Waals surface area contributed by atoms with Crippen LogP contribution in [-0.2, 0) is 4.79 Å². The summed E-state index contributed by atoms with van der Waals surface area (Å²) < 4.78 is 0. The molecular weight excluding hydrogens is 274 g/mol. The number of nitrogens with one attached hydrogen (secondary N) is 2. The van der Waals surface area contributed by atoms with Gasteiger partial charge >= 0.3 is 0 Å². The standard InChI is InChI=1S/C18H19N3O/c19-11-13(18(22)21-15-6-2-1-3-7-15)10-14-12-20-17-9-5-4-8-16(14)17/h4-5,8-10,12,15,20H,1-3,6-7H2,(H,21,22)/b13-10-. The van der Waals surface area contributed by atoms with E-state index in [0.29, 0.717) is 0 Å². The molecule has 0 spiro atoms. The molecule has 1 aliphatic carbocycles. The van der Waals surface area contributed by atoms with Gasteiger partial charge in [0.25, 0.3) is 5.91 Å². The number of fused-ring (bicyclic) bond motifs is 1. The highest BCUT2D eigenvalue weighted by molar-refractivity contribution is 6.04. The molecule has 0 atom stereocenters. The van der Waals surface area contributed by atoms with Gasteiger partial charge in [-0.2, -0.15) is 5.26 Å². The molecule has 4 heteroatoms. The van der Waals surface area contributed by atoms with E-state index in [4.69, 9.17) is 0 Å². The molecule has 22 heavy (non-hydrogen) atoms. The largest absolute Gasteiger partial charge is 0.361 e. The minimum Gasteiger partial charge on any atom is -0.361 e. The number of hydrogen-bond acceptors (Lipinski definition) is 2. The lowest BCUT2D eigenvalue weighted by Gasteiger charge is -2.22. The van der Waals surface area contributed by atoms with Crippen molar-refractivity contribution in [2.24, 2.45) is 0 Å². The van der Waals surface area contributed by atoms with Crippen LogP contribution in [0.1, 0.15) is 37.7 Å². The molecule has 0 bridgehead atoms. The van der Waals surface area contributed by atoms with Crippen molar-refractivity contribution in [1.29, 1.82) is 5.26 Å². The number of aromatic nitrogens is 1. The Hall–Kier alpha value is -2.54. The predicted octanol–water partition coefficient (Wildman–Crippen LogP) is 3.52. The summed E-state index contributed by atoms with van der Waals surface area (Å²) in [5, 5.41) is 13.3. The number of carbonyl (C=O) groups excluding carboxylic acids is 1. The van der Waals surface area contributed by atoms with Crippen LogP contribution in [0, 0.1) is 11.3 Å². The molecule has 0 saturated heterocycles. The first kappa shape index (κ1) is 14.4. The third-order valence-electron chi connectivity index (χ3n) is 4.23. The van der Waals surface area contributed by atoms with E-state index in [1.807, 2.05) is 36.5 Å². The normalized spacial score (nSPS) is 16.4. The number of nitriles is 1. The summed E-state index contributed by atoms with van der Waals surface area (Å²) in [6.07, 6.45) is 9.06. The van der Waals surface area contributed by atoms with E-state index >= 15 is 0 Å². The van der Waals surface area contributed by atoms with Crippen molar-refractivity contribution in [2.45, 2.75) is 38.1 Å². The summed E-state index contributed by atoms with van der Waals surface area (Å²) in [4.78, 5) is 15.4. The van der Waals surface area contributed by atoms with Gasteiger partial charge in [0.2, 0.25) is 0 Å². The lowest BCUT2D eigenvalue weighted by Crippen LogP contribution is -2.36. The van der Waals surface area contributed by atoms with Crippen LogP contribution in [0.2, 0.25) is 0 Å². The van der Waals surface area contributed by atoms with Crippen LogP contribution < -0.4 is 5.32 Å². The molecule has 1 aliphatic rings. The Morgan fingerprint density at radius 2 is 2.05 bits per heavy atom. The molecule has 1 aromatic heterocycles. The highest BCUT2D eigenvalue weighted by Gasteiger charge is 2.18. The molecule has 1 aromatic carbocycles. The van der Waals surface area contributed by atoms with Gasteiger partial charge in [-0.1, -0.05) is 37.5 Å². The first-order valence-electron chi connectivity index (χ1n) is 7.76. The van der Waals surface area contributed by atoms with E-state index < -0.39 is 0 Å². The maximum Gasteiger partial charge on any atom is 0.262 e. The maximum atomic E-state index is 12.3. The lowest BCUT2D eigenvalue weighted by molar-refractivity contribution is -0.117. The molecule has 2 aromatic rings. The monoisotopic (exact) mass is 293 g/mol. The fourth-order valence-electron chi connectivity index (χ4n) is 3.03. The Morgan fingerprint density at radius 1 is 1.27 bits per heavy atom. The topological polar surface area (TPSA) is 68.7 Å². The first-order valence-corrected chi connectivity index (χ1v) is 7.76. The van der Waals surface area contributed by atoms with E-state index in [2.05, 4.69) is 10.3 Å². The van der Waals surface area contributed by atoms with Crippen LogP contribution in [0.25, 0.3) is 17.0 Å². The van der Waals surface area contributed by atoms with Crippen LogP contribution in [-0.4, -0.2) is 16.9 Å². The van der Waals surface area contributed by atoms with Crippen molar-refractivity contribution in [1.82, 2.24) is 10.3 Å². The lowest BCUT2D eigenvalue weighted by atomic mass is 9.95. The summed E-state index contributed by atoms with van der Waals surface area (Å²) in [5.41, 5.74) is 2.03. The Morgan fingerprint density at radius 3 is 2.82 bits per heavy atom. The molecule has 112 valence electrons. The maximum absolute atomic E-state index is 12.3. The highest BCUT2D eigenvalue weighted by Crippen LogP contribution is 2.21. The zero-order valence-electron chi connectivity index (χ0n) is 12.4. The summed E-state index contributed by atoms with van der Waals surface area (Å²) >= 11 is 0. The number of aromatic amines is 1. The molecule has 2 N–H and O–H groups in total. The minimum atomic E-state index is -0.264. The van der Waals surface area contributed by atoms with Crippen LogP contribution in [0.15, 0.2) is 36.0 Å². The van der Waals surface area contributed by atoms with Gasteiger partial charge in [-0.05, 0) is 25.0 Å². The van der Waals surface area contributed by atoms with Gasteiger partial charge in [0.15, 0.2) is 0 Å². The zero-order chi connectivity index (χ0) is 15.4. The molecule has 0 aliphatic heterocycles. The fraction of sp³-hybridized carbons (Fsp3) is 0.333. The number of carbonyl (C=O) groups is 1. The number of hydrogen-bond donors (Lipinski definition) is 2. The second-order valence-corrected chi connectivity index (χ2v) is 5.77. The average molecular weight is 293 g/mol. The van der Waals surface area contributed by atoms with Crippen molar-refractivity contribution in [2.75, 3.05) is 0 Å². The number of nitrogens with zero attached hydrogens (tertiary/aromatic N) is 1. The van der Waals surface area contributed by atoms with Crippen molar-refractivity contribution < 1.29 is 4.79 Å². The number of benzene rings is 1. The quantitative estimate of drug-likeness (QED) is 0.671. The third kappa shape index (κ3) is 3.04. The van der Waals surface area contributed by atoms with Crippen molar-refractivity contribution in [3.05, 3.63) is 41.6 Å². The molecule has 0 radical (unpaired) electrons. The Labute approximate surface area is 129 Å². The molecule has 1 fully saturated rings. The fourth-order valence-corrected chi connectivity index (χ4v) is 3.03. The second kappa shape index (κ2) is 6.48. The van der Waals surface area contributed by atoms with Gasteiger partial charge in [-0.25, -0.2) is 0 Å². The molecule has 3 rings (SSSR count). The van der Waals surface area contributed by atoms with Gasteiger partial charge in [-0.15, -0.1) is 0 Å². The van der Waals surface area contributed by atoms with Crippen molar-refractivity contribution in [3.63, 3.8) is 0 Å². The third-order valence-corrected chi connectivity index (χ3v) is 4.23. The second-order valence-electron chi connectivity index (χ2n) is 5.77. The van der Waals surface area contributed by atoms with Gasteiger partial charge in [-0.3, -0.25) is 4.79 Å². The summed E-state index contributed by atoms with van der Waals surface area (Å²) in [6.45, 7) is 0. The summed E-state index contributed by atoms with van der Waals surface area (Å²) in [6, 6.07) is 10.1. The number of amides is 1. The molecular formula is C18H19N3O. The van der Waals surface area contributed by atoms with Crippen LogP contribution >= 0.6 is 0 Å². The minimum absolute atomic E-state index is 0.162. The van der Waals surface area contributed by atoms with Crippen LogP contribution in [0.3, 0.4) is 0 Å². The van der Waals surface area contributed by atoms with E-state index in [-0.39, 0.29) is 17.5 Å². The molecule has 1 heterocycles. The first-order chi connectivity index (χ1) is 10.8. The van der Waals surface area contributed by atoms with Crippen LogP contribution in [0.5, 0.6) is 0 Å². The van der Waals surface area contributed by atoms with Crippen LogP contribution in [0.4, 0.5) is 0 Å². The number of rotatable bonds is 3. The van der Waals surface area contributed by atoms with Gasteiger partial charge in [0.1, 0.15) is 11.6 Å². The highest BCUT2D eigenvalue weighted by atomic mass is 16.1. The molecule has 0 unspecified atom stereocenters. The van der Waals surface area contributed by atoms with Crippen molar-refractivity contribution >= 4 is 22.9 Å². The summed E-state index contributed by atoms with van der Waals surface area (Å²) in [7, 11) is 0.